The Bertz CT molecular complexity index is 1210. The lowest BCUT2D eigenvalue weighted by Gasteiger charge is -2.31. The number of carbonyl (C=O) groups excluding carboxylic acids is 2. The summed E-state index contributed by atoms with van der Waals surface area (Å²) in [7, 11) is 0. The first-order valence-electron chi connectivity index (χ1n) is 11.8. The van der Waals surface area contributed by atoms with Crippen LogP contribution in [-0.2, 0) is 4.79 Å². The fourth-order valence-corrected chi connectivity index (χ4v) is 4.25. The average Bonchev–Trinajstić information content (AvgIpc) is 3.51. The second-order valence-electron chi connectivity index (χ2n) is 9.15. The minimum absolute atomic E-state index is 0.0284. The number of pyridine rings is 1. The van der Waals surface area contributed by atoms with Crippen LogP contribution in [0.3, 0.4) is 0 Å². The number of likely N-dealkylation sites (tertiary alicyclic amines) is 1. The van der Waals surface area contributed by atoms with Crippen molar-refractivity contribution in [2.24, 2.45) is 0 Å². The highest BCUT2D eigenvalue weighted by Gasteiger charge is 2.24. The molecule has 2 aromatic heterocycles. The van der Waals surface area contributed by atoms with Gasteiger partial charge in [0.25, 0.3) is 5.91 Å². The zero-order valence-corrected chi connectivity index (χ0v) is 19.5. The second-order valence-corrected chi connectivity index (χ2v) is 9.15. The third-order valence-corrected chi connectivity index (χ3v) is 6.46. The molecule has 1 N–H and O–H groups in total. The Balaban J connectivity index is 1.30. The number of piperidine rings is 1. The number of rotatable bonds is 6. The third kappa shape index (κ3) is 4.95. The van der Waals surface area contributed by atoms with E-state index in [0.29, 0.717) is 30.4 Å². The molecule has 2 aliphatic rings. The van der Waals surface area contributed by atoms with Crippen molar-refractivity contribution in [2.45, 2.75) is 51.7 Å². The summed E-state index contributed by atoms with van der Waals surface area (Å²) in [6.07, 6.45) is 11.0. The van der Waals surface area contributed by atoms with Crippen molar-refractivity contribution in [1.29, 1.82) is 0 Å². The number of benzene rings is 1. The molecule has 8 heteroatoms. The lowest BCUT2D eigenvalue weighted by atomic mass is 10.0. The SMILES string of the molecule is CC(=O)N1CCC(Oc2cncc(-n3cc(-c4cc(C(=O)NC5CC5)ccc4C)cn3)c2)CC1. The molecule has 3 aromatic rings. The van der Waals surface area contributed by atoms with E-state index in [1.165, 1.54) is 0 Å². The summed E-state index contributed by atoms with van der Waals surface area (Å²) in [5, 5.41) is 7.58. The summed E-state index contributed by atoms with van der Waals surface area (Å²) in [6.45, 7) is 5.07. The molecular weight excluding hydrogens is 430 g/mol. The molecule has 1 aromatic carbocycles. The Morgan fingerprint density at radius 3 is 2.59 bits per heavy atom. The van der Waals surface area contributed by atoms with Crippen LogP contribution in [0, 0.1) is 6.92 Å². The Morgan fingerprint density at radius 1 is 1.06 bits per heavy atom. The van der Waals surface area contributed by atoms with E-state index in [1.807, 2.05) is 42.3 Å². The number of carbonyl (C=O) groups is 2. The number of nitrogens with zero attached hydrogens (tertiary/aromatic N) is 4. The summed E-state index contributed by atoms with van der Waals surface area (Å²) in [5.74, 6) is 0.769. The van der Waals surface area contributed by atoms with Crippen LogP contribution in [0.25, 0.3) is 16.8 Å². The number of aromatic nitrogens is 3. The van der Waals surface area contributed by atoms with E-state index in [1.54, 1.807) is 30.2 Å². The van der Waals surface area contributed by atoms with E-state index in [-0.39, 0.29) is 17.9 Å². The van der Waals surface area contributed by atoms with Gasteiger partial charge in [-0.05, 0) is 43.0 Å². The molecule has 0 bridgehead atoms. The first-order chi connectivity index (χ1) is 16.5. The molecule has 1 aliphatic heterocycles. The first kappa shape index (κ1) is 22.1. The topological polar surface area (TPSA) is 89.4 Å². The number of ether oxygens (including phenoxy) is 1. The molecule has 1 aliphatic carbocycles. The molecule has 2 fully saturated rings. The van der Waals surface area contributed by atoms with Crippen LogP contribution in [-0.4, -0.2) is 56.7 Å². The van der Waals surface area contributed by atoms with Crippen LogP contribution in [0.5, 0.6) is 5.75 Å². The van der Waals surface area contributed by atoms with E-state index >= 15 is 0 Å². The molecule has 0 radical (unpaired) electrons. The molecule has 8 nitrogen and oxygen atoms in total. The molecule has 0 spiro atoms. The highest BCUT2D eigenvalue weighted by atomic mass is 16.5. The maximum atomic E-state index is 12.5. The van der Waals surface area contributed by atoms with Crippen molar-refractivity contribution in [1.82, 2.24) is 25.0 Å². The van der Waals surface area contributed by atoms with Crippen LogP contribution < -0.4 is 10.1 Å². The van der Waals surface area contributed by atoms with E-state index in [4.69, 9.17) is 4.74 Å². The summed E-state index contributed by atoms with van der Waals surface area (Å²) >= 11 is 0. The maximum absolute atomic E-state index is 12.5. The van der Waals surface area contributed by atoms with Gasteiger partial charge in [-0.3, -0.25) is 14.6 Å². The zero-order chi connectivity index (χ0) is 23.7. The van der Waals surface area contributed by atoms with Crippen LogP contribution in [0.4, 0.5) is 0 Å². The summed E-state index contributed by atoms with van der Waals surface area (Å²) in [5.41, 5.74) is 4.45. The zero-order valence-electron chi connectivity index (χ0n) is 19.5. The van der Waals surface area contributed by atoms with Gasteiger partial charge in [-0.1, -0.05) is 6.07 Å². The van der Waals surface area contributed by atoms with E-state index < -0.39 is 0 Å². The van der Waals surface area contributed by atoms with Crippen LogP contribution >= 0.6 is 0 Å². The second kappa shape index (κ2) is 9.29. The van der Waals surface area contributed by atoms with Gasteiger partial charge in [0, 0.05) is 62.3 Å². The largest absolute Gasteiger partial charge is 0.489 e. The van der Waals surface area contributed by atoms with Crippen LogP contribution in [0.1, 0.15) is 48.5 Å². The molecule has 34 heavy (non-hydrogen) atoms. The summed E-state index contributed by atoms with van der Waals surface area (Å²) in [4.78, 5) is 30.2. The Hall–Kier alpha value is -3.68. The van der Waals surface area contributed by atoms with Crippen molar-refractivity contribution in [2.75, 3.05) is 13.1 Å². The van der Waals surface area contributed by atoms with Crippen LogP contribution in [0.2, 0.25) is 0 Å². The molecule has 0 atom stereocenters. The smallest absolute Gasteiger partial charge is 0.251 e. The minimum Gasteiger partial charge on any atom is -0.489 e. The molecule has 176 valence electrons. The monoisotopic (exact) mass is 459 g/mol. The molecule has 1 saturated carbocycles. The molecule has 5 rings (SSSR count). The fraction of sp³-hybridized carbons (Fsp3) is 0.385. The molecule has 0 unspecified atom stereocenters. The van der Waals surface area contributed by atoms with Crippen molar-refractivity contribution >= 4 is 11.8 Å². The first-order valence-corrected chi connectivity index (χ1v) is 11.8. The van der Waals surface area contributed by atoms with Crippen molar-refractivity contribution in [3.63, 3.8) is 0 Å². The summed E-state index contributed by atoms with van der Waals surface area (Å²) in [6, 6.07) is 8.02. The van der Waals surface area contributed by atoms with Gasteiger partial charge < -0.3 is 15.0 Å². The van der Waals surface area contributed by atoms with E-state index in [2.05, 4.69) is 15.4 Å². The lowest BCUT2D eigenvalue weighted by molar-refractivity contribution is -0.130. The fourth-order valence-electron chi connectivity index (χ4n) is 4.25. The van der Waals surface area contributed by atoms with Gasteiger partial charge in [0.05, 0.1) is 24.3 Å². The minimum atomic E-state index is -0.0284. The predicted octanol–water partition coefficient (Wildman–Crippen LogP) is 3.52. The van der Waals surface area contributed by atoms with Gasteiger partial charge in [-0.25, -0.2) is 4.68 Å². The Kier molecular flexibility index (Phi) is 6.04. The quantitative estimate of drug-likeness (QED) is 0.609. The van der Waals surface area contributed by atoms with Crippen molar-refractivity contribution in [3.8, 4) is 22.6 Å². The van der Waals surface area contributed by atoms with Gasteiger partial charge in [-0.2, -0.15) is 5.10 Å². The Labute approximate surface area is 198 Å². The molecular formula is C26H29N5O3. The van der Waals surface area contributed by atoms with Crippen LogP contribution in [0.15, 0.2) is 49.1 Å². The van der Waals surface area contributed by atoms with Gasteiger partial charge >= 0.3 is 0 Å². The van der Waals surface area contributed by atoms with Crippen molar-refractivity contribution in [3.05, 3.63) is 60.2 Å². The molecule has 1 saturated heterocycles. The number of amides is 2. The van der Waals surface area contributed by atoms with Gasteiger partial charge in [0.1, 0.15) is 11.9 Å². The number of hydrogen-bond acceptors (Lipinski definition) is 5. The summed E-state index contributed by atoms with van der Waals surface area (Å²) < 4.78 is 7.92. The molecule has 3 heterocycles. The lowest BCUT2D eigenvalue weighted by Crippen LogP contribution is -2.40. The number of nitrogens with one attached hydrogen (secondary N) is 1. The predicted molar refractivity (Wildman–Crippen MR) is 128 cm³/mol. The third-order valence-electron chi connectivity index (χ3n) is 6.46. The molecule has 2 amide bonds. The van der Waals surface area contributed by atoms with Gasteiger partial charge in [0.15, 0.2) is 0 Å². The van der Waals surface area contributed by atoms with E-state index in [0.717, 1.165) is 48.1 Å². The van der Waals surface area contributed by atoms with Gasteiger partial charge in [-0.15, -0.1) is 0 Å². The van der Waals surface area contributed by atoms with E-state index in [9.17, 15) is 9.59 Å². The normalized spacial score (nSPS) is 16.4. The highest BCUT2D eigenvalue weighted by Crippen LogP contribution is 2.27. The maximum Gasteiger partial charge on any atom is 0.251 e. The number of hydrogen-bond donors (Lipinski definition) is 1. The number of aryl methyl sites for hydroxylation is 1. The standard InChI is InChI=1S/C26H29N5O3/c1-17-3-4-19(26(33)29-21-5-6-21)11-25(17)20-13-28-31(16-20)22-12-24(15-27-14-22)34-23-7-9-30(10-8-23)18(2)32/h3-4,11-16,21,23H,5-10H2,1-2H3,(H,29,33). The van der Waals surface area contributed by atoms with Gasteiger partial charge in [0.2, 0.25) is 5.91 Å². The average molecular weight is 460 g/mol. The van der Waals surface area contributed by atoms with Crippen molar-refractivity contribution < 1.29 is 14.3 Å². The Morgan fingerprint density at radius 2 is 1.85 bits per heavy atom. The highest BCUT2D eigenvalue weighted by molar-refractivity contribution is 5.96.